The zero-order chi connectivity index (χ0) is 20.2. The normalized spacial score (nSPS) is 14.3. The fraction of sp³-hybridized carbons (Fsp3) is 0.318. The number of carbonyl (C=O) groups is 1. The highest BCUT2D eigenvalue weighted by Crippen LogP contribution is 2.26. The number of amides is 1. The number of para-hydroxylation sites is 1. The molecule has 7 heteroatoms. The first kappa shape index (κ1) is 19.5. The topological polar surface area (TPSA) is 62.5 Å². The quantitative estimate of drug-likeness (QED) is 0.636. The highest BCUT2D eigenvalue weighted by atomic mass is 35.5. The minimum Gasteiger partial charge on any atom is -0.367 e. The molecule has 6 nitrogen and oxygen atoms in total. The van der Waals surface area contributed by atoms with Crippen LogP contribution in [-0.2, 0) is 11.2 Å². The maximum atomic E-state index is 12.6. The summed E-state index contributed by atoms with van der Waals surface area (Å²) in [5, 5.41) is 4.77. The van der Waals surface area contributed by atoms with E-state index in [1.54, 1.807) is 0 Å². The van der Waals surface area contributed by atoms with Crippen molar-refractivity contribution in [2.45, 2.75) is 19.8 Å². The number of anilines is 1. The number of piperazine rings is 1. The van der Waals surface area contributed by atoms with Crippen LogP contribution in [0.15, 0.2) is 53.1 Å². The molecule has 0 aliphatic carbocycles. The standard InChI is InChI=1S/C22H23ClN4O2/c1-16-6-8-17(9-7-16)22-24-20(29-25-22)10-11-21(28)27-14-12-26(13-15-27)19-5-3-2-4-18(19)23/h2-9H,10-15H2,1H3. The van der Waals surface area contributed by atoms with Crippen molar-refractivity contribution in [2.75, 3.05) is 31.1 Å². The van der Waals surface area contributed by atoms with Gasteiger partial charge >= 0.3 is 0 Å². The van der Waals surface area contributed by atoms with Crippen molar-refractivity contribution < 1.29 is 9.32 Å². The highest BCUT2D eigenvalue weighted by molar-refractivity contribution is 6.33. The fourth-order valence-corrected chi connectivity index (χ4v) is 3.71. The number of aryl methyl sites for hydroxylation is 2. The largest absolute Gasteiger partial charge is 0.367 e. The van der Waals surface area contributed by atoms with Crippen LogP contribution in [0.25, 0.3) is 11.4 Å². The molecule has 2 aromatic carbocycles. The van der Waals surface area contributed by atoms with E-state index in [1.807, 2.05) is 60.4 Å². The van der Waals surface area contributed by atoms with E-state index < -0.39 is 0 Å². The van der Waals surface area contributed by atoms with Crippen molar-refractivity contribution in [3.05, 3.63) is 65.0 Å². The molecular formula is C22H23ClN4O2. The molecule has 0 radical (unpaired) electrons. The summed E-state index contributed by atoms with van der Waals surface area (Å²) in [6, 6.07) is 15.8. The number of hydrogen-bond donors (Lipinski definition) is 0. The summed E-state index contributed by atoms with van der Waals surface area (Å²) in [5.41, 5.74) is 3.11. The molecule has 0 spiro atoms. The second kappa shape index (κ2) is 8.66. The van der Waals surface area contributed by atoms with E-state index in [9.17, 15) is 4.79 Å². The van der Waals surface area contributed by atoms with Crippen molar-refractivity contribution in [1.29, 1.82) is 0 Å². The van der Waals surface area contributed by atoms with E-state index >= 15 is 0 Å². The van der Waals surface area contributed by atoms with Gasteiger partial charge in [-0.1, -0.05) is 58.7 Å². The van der Waals surface area contributed by atoms with Crippen LogP contribution in [0.5, 0.6) is 0 Å². The third kappa shape index (κ3) is 4.59. The molecule has 0 bridgehead atoms. The van der Waals surface area contributed by atoms with Crippen molar-refractivity contribution in [3.8, 4) is 11.4 Å². The van der Waals surface area contributed by atoms with Crippen LogP contribution in [0.1, 0.15) is 17.9 Å². The number of carbonyl (C=O) groups excluding carboxylic acids is 1. The molecule has 1 aromatic heterocycles. The van der Waals surface area contributed by atoms with Crippen LogP contribution in [-0.4, -0.2) is 47.1 Å². The monoisotopic (exact) mass is 410 g/mol. The molecule has 1 aliphatic rings. The molecule has 0 atom stereocenters. The highest BCUT2D eigenvalue weighted by Gasteiger charge is 2.22. The van der Waals surface area contributed by atoms with Gasteiger partial charge in [-0.15, -0.1) is 0 Å². The smallest absolute Gasteiger partial charge is 0.227 e. The van der Waals surface area contributed by atoms with E-state index in [-0.39, 0.29) is 5.91 Å². The van der Waals surface area contributed by atoms with Crippen molar-refractivity contribution in [1.82, 2.24) is 15.0 Å². The number of benzene rings is 2. The van der Waals surface area contributed by atoms with Crippen LogP contribution in [0, 0.1) is 6.92 Å². The molecule has 0 N–H and O–H groups in total. The van der Waals surface area contributed by atoms with Crippen molar-refractivity contribution >= 4 is 23.2 Å². The van der Waals surface area contributed by atoms with E-state index in [0.717, 1.165) is 29.4 Å². The Kier molecular flexibility index (Phi) is 5.81. The van der Waals surface area contributed by atoms with Crippen LogP contribution in [0.3, 0.4) is 0 Å². The molecule has 1 aliphatic heterocycles. The summed E-state index contributed by atoms with van der Waals surface area (Å²) in [4.78, 5) is 21.1. The lowest BCUT2D eigenvalue weighted by Gasteiger charge is -2.36. The SMILES string of the molecule is Cc1ccc(-c2noc(CCC(=O)N3CCN(c4ccccc4Cl)CC3)n2)cc1. The van der Waals surface area contributed by atoms with Gasteiger partial charge in [0.2, 0.25) is 17.6 Å². The van der Waals surface area contributed by atoms with Crippen LogP contribution in [0.2, 0.25) is 5.02 Å². The lowest BCUT2D eigenvalue weighted by Crippen LogP contribution is -2.48. The average molecular weight is 411 g/mol. The Morgan fingerprint density at radius 1 is 1.07 bits per heavy atom. The average Bonchev–Trinajstić information content (AvgIpc) is 3.22. The molecule has 29 heavy (non-hydrogen) atoms. The lowest BCUT2D eigenvalue weighted by atomic mass is 10.1. The molecule has 150 valence electrons. The number of rotatable bonds is 5. The summed E-state index contributed by atoms with van der Waals surface area (Å²) in [7, 11) is 0. The van der Waals surface area contributed by atoms with Gasteiger partial charge in [0, 0.05) is 44.6 Å². The summed E-state index contributed by atoms with van der Waals surface area (Å²) in [6.45, 7) is 4.94. The number of aromatic nitrogens is 2. The third-order valence-corrected chi connectivity index (χ3v) is 5.48. The van der Waals surface area contributed by atoms with E-state index in [1.165, 1.54) is 5.56 Å². The number of nitrogens with zero attached hydrogens (tertiary/aromatic N) is 4. The van der Waals surface area contributed by atoms with Crippen LogP contribution >= 0.6 is 11.6 Å². The van der Waals surface area contributed by atoms with Gasteiger partial charge in [-0.3, -0.25) is 4.79 Å². The first-order valence-corrected chi connectivity index (χ1v) is 10.1. The molecule has 0 unspecified atom stereocenters. The Bertz CT molecular complexity index is 978. The van der Waals surface area contributed by atoms with E-state index in [4.69, 9.17) is 16.1 Å². The van der Waals surface area contributed by atoms with Gasteiger partial charge in [-0.2, -0.15) is 4.98 Å². The molecule has 1 saturated heterocycles. The third-order valence-electron chi connectivity index (χ3n) is 5.16. The van der Waals surface area contributed by atoms with Gasteiger partial charge < -0.3 is 14.3 Å². The van der Waals surface area contributed by atoms with E-state index in [0.29, 0.717) is 37.6 Å². The zero-order valence-electron chi connectivity index (χ0n) is 16.3. The Morgan fingerprint density at radius 3 is 2.52 bits per heavy atom. The Morgan fingerprint density at radius 2 is 1.79 bits per heavy atom. The summed E-state index contributed by atoms with van der Waals surface area (Å²) < 4.78 is 5.32. The molecule has 1 fully saturated rings. The Labute approximate surface area is 175 Å². The maximum absolute atomic E-state index is 12.6. The minimum absolute atomic E-state index is 0.110. The van der Waals surface area contributed by atoms with Crippen LogP contribution in [0.4, 0.5) is 5.69 Å². The molecule has 1 amide bonds. The second-order valence-corrected chi connectivity index (χ2v) is 7.60. The van der Waals surface area contributed by atoms with Gasteiger partial charge in [0.25, 0.3) is 0 Å². The predicted molar refractivity (Wildman–Crippen MR) is 113 cm³/mol. The molecule has 2 heterocycles. The first-order valence-electron chi connectivity index (χ1n) is 9.77. The fourth-order valence-electron chi connectivity index (χ4n) is 3.45. The molecule has 4 rings (SSSR count). The molecule has 3 aromatic rings. The van der Waals surface area contributed by atoms with Gasteiger partial charge in [-0.05, 0) is 19.1 Å². The number of hydrogen-bond acceptors (Lipinski definition) is 5. The van der Waals surface area contributed by atoms with Crippen LogP contribution < -0.4 is 4.90 Å². The Balaban J connectivity index is 1.29. The van der Waals surface area contributed by atoms with Gasteiger partial charge in [0.1, 0.15) is 0 Å². The van der Waals surface area contributed by atoms with Crippen molar-refractivity contribution in [2.24, 2.45) is 0 Å². The first-order chi connectivity index (χ1) is 14.1. The van der Waals surface area contributed by atoms with Gasteiger partial charge in [-0.25, -0.2) is 0 Å². The Hall–Kier alpha value is -2.86. The van der Waals surface area contributed by atoms with E-state index in [2.05, 4.69) is 15.0 Å². The zero-order valence-corrected chi connectivity index (χ0v) is 17.1. The summed E-state index contributed by atoms with van der Waals surface area (Å²) >= 11 is 6.28. The lowest BCUT2D eigenvalue weighted by molar-refractivity contribution is -0.131. The minimum atomic E-state index is 0.110. The molecule has 0 saturated carbocycles. The second-order valence-electron chi connectivity index (χ2n) is 7.20. The van der Waals surface area contributed by atoms with Crippen molar-refractivity contribution in [3.63, 3.8) is 0 Å². The maximum Gasteiger partial charge on any atom is 0.227 e. The summed E-state index contributed by atoms with van der Waals surface area (Å²) in [6.07, 6.45) is 0.810. The number of halogens is 1. The molecular weight excluding hydrogens is 388 g/mol. The van der Waals surface area contributed by atoms with Gasteiger partial charge in [0.15, 0.2) is 0 Å². The van der Waals surface area contributed by atoms with Gasteiger partial charge in [0.05, 0.1) is 10.7 Å². The summed E-state index contributed by atoms with van der Waals surface area (Å²) in [5.74, 6) is 1.16. The predicted octanol–water partition coefficient (Wildman–Crippen LogP) is 3.98.